The van der Waals surface area contributed by atoms with E-state index in [1.165, 1.54) is 10.8 Å². The van der Waals surface area contributed by atoms with E-state index < -0.39 is 6.10 Å². The predicted molar refractivity (Wildman–Crippen MR) is 64.4 cm³/mol. The van der Waals surface area contributed by atoms with E-state index in [9.17, 15) is 5.11 Å². The van der Waals surface area contributed by atoms with Gasteiger partial charge >= 0.3 is 0 Å². The molecular weight excluding hydrogens is 208 g/mol. The van der Waals surface area contributed by atoms with E-state index in [1.807, 2.05) is 18.2 Å². The van der Waals surface area contributed by atoms with Crippen LogP contribution in [0.25, 0.3) is 10.8 Å². The van der Waals surface area contributed by atoms with Crippen molar-refractivity contribution in [3.63, 3.8) is 0 Å². The van der Waals surface area contributed by atoms with Gasteiger partial charge in [-0.3, -0.25) is 0 Å². The second-order valence-electron chi connectivity index (χ2n) is 3.69. The number of halogens is 1. The summed E-state index contributed by atoms with van der Waals surface area (Å²) < 4.78 is 0. The highest BCUT2D eigenvalue weighted by atomic mass is 35.5. The lowest BCUT2D eigenvalue weighted by Crippen LogP contribution is -2.11. The van der Waals surface area contributed by atoms with Gasteiger partial charge in [0.2, 0.25) is 0 Å². The van der Waals surface area contributed by atoms with Gasteiger partial charge in [0.25, 0.3) is 0 Å². The van der Waals surface area contributed by atoms with Crippen LogP contribution in [0.4, 0.5) is 0 Å². The third kappa shape index (κ3) is 2.49. The van der Waals surface area contributed by atoms with Crippen LogP contribution in [0, 0.1) is 0 Å². The van der Waals surface area contributed by atoms with Gasteiger partial charge in [0, 0.05) is 5.88 Å². The van der Waals surface area contributed by atoms with E-state index >= 15 is 0 Å². The molecule has 1 nitrogen and oxygen atoms in total. The summed E-state index contributed by atoms with van der Waals surface area (Å²) in [5.74, 6) is 0.285. The van der Waals surface area contributed by atoms with Crippen LogP contribution in [0.2, 0.25) is 0 Å². The summed E-state index contributed by atoms with van der Waals surface area (Å²) in [6.07, 6.45) is 0.168. The van der Waals surface area contributed by atoms with E-state index in [-0.39, 0.29) is 5.88 Å². The summed E-state index contributed by atoms with van der Waals surface area (Å²) in [5.41, 5.74) is 1.13. The Bertz CT molecular complexity index is 453. The molecule has 0 aliphatic rings. The molecule has 2 heteroatoms. The Morgan fingerprint density at radius 1 is 1.07 bits per heavy atom. The molecule has 15 heavy (non-hydrogen) atoms. The van der Waals surface area contributed by atoms with Crippen molar-refractivity contribution in [1.29, 1.82) is 0 Å². The largest absolute Gasteiger partial charge is 0.392 e. The Hall–Kier alpha value is -1.05. The molecule has 2 rings (SSSR count). The van der Waals surface area contributed by atoms with E-state index in [4.69, 9.17) is 11.6 Å². The Balaban J connectivity index is 2.30. The molecule has 0 aliphatic heterocycles. The van der Waals surface area contributed by atoms with Gasteiger partial charge in [0.05, 0.1) is 6.10 Å². The topological polar surface area (TPSA) is 20.2 Å². The number of fused-ring (bicyclic) bond motifs is 1. The zero-order valence-electron chi connectivity index (χ0n) is 8.36. The quantitative estimate of drug-likeness (QED) is 0.789. The predicted octanol–water partition coefficient (Wildman–Crippen LogP) is 2.98. The van der Waals surface area contributed by atoms with Crippen molar-refractivity contribution in [2.75, 3.05) is 5.88 Å². The van der Waals surface area contributed by atoms with Crippen LogP contribution in [0.1, 0.15) is 5.56 Å². The maximum absolute atomic E-state index is 9.45. The van der Waals surface area contributed by atoms with Gasteiger partial charge in [-0.2, -0.15) is 0 Å². The maximum atomic E-state index is 9.45. The van der Waals surface area contributed by atoms with Crippen molar-refractivity contribution < 1.29 is 5.11 Å². The molecule has 0 radical (unpaired) electrons. The van der Waals surface area contributed by atoms with Gasteiger partial charge in [-0.25, -0.2) is 0 Å². The van der Waals surface area contributed by atoms with E-state index in [0.29, 0.717) is 6.42 Å². The minimum atomic E-state index is -0.451. The minimum Gasteiger partial charge on any atom is -0.392 e. The fraction of sp³-hybridized carbons (Fsp3) is 0.231. The average molecular weight is 221 g/mol. The monoisotopic (exact) mass is 220 g/mol. The first-order chi connectivity index (χ1) is 7.29. The molecule has 2 aromatic carbocycles. The number of hydrogen-bond acceptors (Lipinski definition) is 1. The molecule has 1 N–H and O–H groups in total. The molecular formula is C13H13ClO. The zero-order chi connectivity index (χ0) is 10.7. The summed E-state index contributed by atoms with van der Waals surface area (Å²) in [6.45, 7) is 0. The number of hydrogen-bond donors (Lipinski definition) is 1. The van der Waals surface area contributed by atoms with Crippen LogP contribution in [0.5, 0.6) is 0 Å². The molecule has 1 atom stereocenters. The number of alkyl halides is 1. The molecule has 78 valence electrons. The van der Waals surface area contributed by atoms with Gasteiger partial charge in [0.15, 0.2) is 0 Å². The molecule has 0 saturated heterocycles. The summed E-state index contributed by atoms with van der Waals surface area (Å²) in [6, 6.07) is 14.4. The lowest BCUT2D eigenvalue weighted by molar-refractivity contribution is 0.199. The molecule has 0 unspecified atom stereocenters. The summed E-state index contributed by atoms with van der Waals surface area (Å²) in [5, 5.41) is 11.9. The van der Waals surface area contributed by atoms with Crippen molar-refractivity contribution in [2.24, 2.45) is 0 Å². The van der Waals surface area contributed by atoms with Crippen molar-refractivity contribution in [3.8, 4) is 0 Å². The highest BCUT2D eigenvalue weighted by molar-refractivity contribution is 6.18. The average Bonchev–Trinajstić information content (AvgIpc) is 2.29. The number of aliphatic hydroxyl groups is 1. The first kappa shape index (κ1) is 10.5. The van der Waals surface area contributed by atoms with Crippen LogP contribution in [0.3, 0.4) is 0 Å². The van der Waals surface area contributed by atoms with Gasteiger partial charge < -0.3 is 5.11 Å². The Morgan fingerprint density at radius 2 is 1.80 bits per heavy atom. The zero-order valence-corrected chi connectivity index (χ0v) is 9.11. The molecule has 0 heterocycles. The maximum Gasteiger partial charge on any atom is 0.0715 e. The SMILES string of the molecule is O[C@@H](CCl)Cc1ccc2ccccc2c1. The van der Waals surface area contributed by atoms with Crippen molar-refractivity contribution in [3.05, 3.63) is 48.0 Å². The van der Waals surface area contributed by atoms with Crippen LogP contribution in [0.15, 0.2) is 42.5 Å². The van der Waals surface area contributed by atoms with E-state index in [0.717, 1.165) is 5.56 Å². The molecule has 0 fully saturated rings. The van der Waals surface area contributed by atoms with Gasteiger partial charge in [-0.05, 0) is 22.8 Å². The standard InChI is InChI=1S/C13H13ClO/c14-9-13(15)8-10-5-6-11-3-1-2-4-12(11)7-10/h1-7,13,15H,8-9H2/t13-/m1/s1. The van der Waals surface area contributed by atoms with Crippen molar-refractivity contribution in [2.45, 2.75) is 12.5 Å². The second-order valence-corrected chi connectivity index (χ2v) is 4.00. The second kappa shape index (κ2) is 4.65. The molecule has 0 saturated carbocycles. The molecule has 0 amide bonds. The molecule has 0 spiro atoms. The molecule has 0 bridgehead atoms. The lowest BCUT2D eigenvalue weighted by Gasteiger charge is -2.07. The molecule has 2 aromatic rings. The third-order valence-electron chi connectivity index (χ3n) is 2.46. The normalized spacial score (nSPS) is 12.9. The van der Waals surface area contributed by atoms with Crippen LogP contribution in [-0.4, -0.2) is 17.1 Å². The van der Waals surface area contributed by atoms with E-state index in [1.54, 1.807) is 0 Å². The van der Waals surface area contributed by atoms with Gasteiger partial charge in [0.1, 0.15) is 0 Å². The highest BCUT2D eigenvalue weighted by Gasteiger charge is 2.03. The Kier molecular flexibility index (Phi) is 3.24. The summed E-state index contributed by atoms with van der Waals surface area (Å²) >= 11 is 5.57. The first-order valence-corrected chi connectivity index (χ1v) is 5.55. The van der Waals surface area contributed by atoms with Gasteiger partial charge in [-0.1, -0.05) is 42.5 Å². The Labute approximate surface area is 94.3 Å². The first-order valence-electron chi connectivity index (χ1n) is 5.01. The van der Waals surface area contributed by atoms with Crippen molar-refractivity contribution in [1.82, 2.24) is 0 Å². The lowest BCUT2D eigenvalue weighted by atomic mass is 10.0. The van der Waals surface area contributed by atoms with Crippen molar-refractivity contribution >= 4 is 22.4 Å². The fourth-order valence-electron chi connectivity index (χ4n) is 1.69. The minimum absolute atomic E-state index is 0.285. The number of aliphatic hydroxyl groups excluding tert-OH is 1. The fourth-order valence-corrected chi connectivity index (χ4v) is 1.80. The highest BCUT2D eigenvalue weighted by Crippen LogP contribution is 2.16. The van der Waals surface area contributed by atoms with Gasteiger partial charge in [-0.15, -0.1) is 11.6 Å². The smallest absolute Gasteiger partial charge is 0.0715 e. The number of rotatable bonds is 3. The van der Waals surface area contributed by atoms with E-state index in [2.05, 4.69) is 24.3 Å². The van der Waals surface area contributed by atoms with Crippen LogP contribution >= 0.6 is 11.6 Å². The van der Waals surface area contributed by atoms with Crippen LogP contribution < -0.4 is 0 Å². The molecule has 0 aliphatic carbocycles. The third-order valence-corrected chi connectivity index (χ3v) is 2.82. The summed E-state index contributed by atoms with van der Waals surface area (Å²) in [7, 11) is 0. The Morgan fingerprint density at radius 3 is 2.53 bits per heavy atom. The summed E-state index contributed by atoms with van der Waals surface area (Å²) in [4.78, 5) is 0. The number of benzene rings is 2. The molecule has 0 aromatic heterocycles. The van der Waals surface area contributed by atoms with Crippen LogP contribution in [-0.2, 0) is 6.42 Å².